The van der Waals surface area contributed by atoms with Gasteiger partial charge >= 0.3 is 0 Å². The van der Waals surface area contributed by atoms with E-state index in [1.807, 2.05) is 0 Å². The first kappa shape index (κ1) is 8.45. The molecular formula is C12H15NO. The Morgan fingerprint density at radius 2 is 2.21 bits per heavy atom. The van der Waals surface area contributed by atoms with Gasteiger partial charge in [-0.3, -0.25) is 0 Å². The molecule has 0 bridgehead atoms. The summed E-state index contributed by atoms with van der Waals surface area (Å²) in [6, 6.07) is 8.61. The Hall–Kier alpha value is -0.860. The third-order valence-electron chi connectivity index (χ3n) is 3.36. The van der Waals surface area contributed by atoms with Crippen molar-refractivity contribution in [2.75, 3.05) is 13.1 Å². The van der Waals surface area contributed by atoms with E-state index in [1.54, 1.807) is 0 Å². The molecule has 0 unspecified atom stereocenters. The number of benzene rings is 1. The molecule has 2 aliphatic rings. The first-order chi connectivity index (χ1) is 6.91. The highest BCUT2D eigenvalue weighted by atomic mass is 16.5. The Bertz CT molecular complexity index is 336. The van der Waals surface area contributed by atoms with Crippen molar-refractivity contribution < 1.29 is 4.74 Å². The summed E-state index contributed by atoms with van der Waals surface area (Å²) in [6.45, 7) is 2.90. The van der Waals surface area contributed by atoms with Gasteiger partial charge < -0.3 is 10.1 Å². The molecule has 0 amide bonds. The highest BCUT2D eigenvalue weighted by molar-refractivity contribution is 5.36. The smallest absolute Gasteiger partial charge is 0.106 e. The highest BCUT2D eigenvalue weighted by Gasteiger charge is 2.40. The fraction of sp³-hybridized carbons (Fsp3) is 0.500. The van der Waals surface area contributed by atoms with Crippen LogP contribution in [-0.2, 0) is 16.9 Å². The average molecular weight is 189 g/mol. The van der Waals surface area contributed by atoms with Crippen LogP contribution in [0.15, 0.2) is 24.3 Å². The molecule has 2 heterocycles. The summed E-state index contributed by atoms with van der Waals surface area (Å²) in [4.78, 5) is 0. The number of hydrogen-bond donors (Lipinski definition) is 1. The van der Waals surface area contributed by atoms with Gasteiger partial charge in [-0.1, -0.05) is 24.3 Å². The summed E-state index contributed by atoms with van der Waals surface area (Å²) < 4.78 is 5.99. The van der Waals surface area contributed by atoms with Crippen LogP contribution in [0.4, 0.5) is 0 Å². The maximum absolute atomic E-state index is 5.99. The molecule has 1 fully saturated rings. The van der Waals surface area contributed by atoms with E-state index in [2.05, 4.69) is 29.6 Å². The Morgan fingerprint density at radius 1 is 1.29 bits per heavy atom. The van der Waals surface area contributed by atoms with Crippen molar-refractivity contribution in [3.05, 3.63) is 35.4 Å². The van der Waals surface area contributed by atoms with Crippen molar-refractivity contribution in [2.45, 2.75) is 25.0 Å². The van der Waals surface area contributed by atoms with Crippen LogP contribution >= 0.6 is 0 Å². The number of ether oxygens (including phenoxy) is 1. The zero-order valence-electron chi connectivity index (χ0n) is 8.25. The maximum atomic E-state index is 5.99. The molecule has 0 aliphatic carbocycles. The first-order valence-electron chi connectivity index (χ1n) is 5.34. The average Bonchev–Trinajstić information content (AvgIpc) is 2.60. The first-order valence-corrected chi connectivity index (χ1v) is 5.34. The summed E-state index contributed by atoms with van der Waals surface area (Å²) in [5.74, 6) is 0. The molecule has 0 aromatic heterocycles. The van der Waals surface area contributed by atoms with Crippen molar-refractivity contribution in [2.24, 2.45) is 0 Å². The summed E-state index contributed by atoms with van der Waals surface area (Å²) in [5, 5.41) is 3.43. The Labute approximate surface area is 84.3 Å². The van der Waals surface area contributed by atoms with Gasteiger partial charge in [-0.05, 0) is 30.5 Å². The molecule has 2 aliphatic heterocycles. The third-order valence-corrected chi connectivity index (χ3v) is 3.36. The van der Waals surface area contributed by atoms with Crippen LogP contribution in [0, 0.1) is 0 Å². The van der Waals surface area contributed by atoms with Gasteiger partial charge in [0.1, 0.15) is 5.60 Å². The summed E-state index contributed by atoms with van der Waals surface area (Å²) >= 11 is 0. The molecule has 3 rings (SSSR count). The van der Waals surface area contributed by atoms with Crippen LogP contribution in [0.25, 0.3) is 0 Å². The number of piperidine rings is 1. The molecule has 1 saturated heterocycles. The minimum atomic E-state index is -0.00512. The van der Waals surface area contributed by atoms with Crippen LogP contribution in [0.2, 0.25) is 0 Å². The molecule has 1 aromatic carbocycles. The molecule has 1 aromatic rings. The topological polar surface area (TPSA) is 21.3 Å². The van der Waals surface area contributed by atoms with Crippen LogP contribution in [0.5, 0.6) is 0 Å². The number of fused-ring (bicyclic) bond motifs is 2. The lowest BCUT2D eigenvalue weighted by Gasteiger charge is -2.34. The maximum Gasteiger partial charge on any atom is 0.106 e. The second-order valence-corrected chi connectivity index (χ2v) is 4.22. The van der Waals surface area contributed by atoms with Crippen molar-refractivity contribution >= 4 is 0 Å². The molecular weight excluding hydrogens is 174 g/mol. The van der Waals surface area contributed by atoms with Crippen LogP contribution < -0.4 is 5.32 Å². The van der Waals surface area contributed by atoms with Gasteiger partial charge in [0.25, 0.3) is 0 Å². The largest absolute Gasteiger partial charge is 0.364 e. The van der Waals surface area contributed by atoms with Crippen molar-refractivity contribution in [1.82, 2.24) is 5.32 Å². The molecule has 1 N–H and O–H groups in total. The third kappa shape index (κ3) is 1.11. The molecule has 14 heavy (non-hydrogen) atoms. The lowest BCUT2D eigenvalue weighted by atomic mass is 9.86. The fourth-order valence-corrected chi connectivity index (χ4v) is 2.62. The predicted molar refractivity (Wildman–Crippen MR) is 55.0 cm³/mol. The summed E-state index contributed by atoms with van der Waals surface area (Å²) in [5.41, 5.74) is 2.78. The zero-order valence-corrected chi connectivity index (χ0v) is 8.25. The summed E-state index contributed by atoms with van der Waals surface area (Å²) in [7, 11) is 0. The summed E-state index contributed by atoms with van der Waals surface area (Å²) in [6.07, 6.45) is 2.38. The Morgan fingerprint density at radius 3 is 3.07 bits per heavy atom. The van der Waals surface area contributed by atoms with Crippen molar-refractivity contribution in [3.8, 4) is 0 Å². The quantitative estimate of drug-likeness (QED) is 0.672. The zero-order chi connectivity index (χ0) is 9.43. The standard InChI is InChI=1S/C12H15NO/c1-2-5-11-10(4-1)8-14-12(11)6-3-7-13-9-12/h1-2,4-5,13H,3,6-9H2/t12-/m0/s1. The molecule has 2 nitrogen and oxygen atoms in total. The van der Waals surface area contributed by atoms with Gasteiger partial charge in [0.2, 0.25) is 0 Å². The molecule has 0 saturated carbocycles. The minimum Gasteiger partial charge on any atom is -0.364 e. The van der Waals surface area contributed by atoms with Crippen molar-refractivity contribution in [3.63, 3.8) is 0 Å². The predicted octanol–water partition coefficient (Wildman–Crippen LogP) is 1.80. The molecule has 74 valence electrons. The van der Waals surface area contributed by atoms with E-state index >= 15 is 0 Å². The number of hydrogen-bond acceptors (Lipinski definition) is 2. The second-order valence-electron chi connectivity index (χ2n) is 4.22. The van der Waals surface area contributed by atoms with Gasteiger partial charge in [0.15, 0.2) is 0 Å². The van der Waals surface area contributed by atoms with E-state index in [4.69, 9.17) is 4.74 Å². The van der Waals surface area contributed by atoms with Gasteiger partial charge in [-0.15, -0.1) is 0 Å². The fourth-order valence-electron chi connectivity index (χ4n) is 2.62. The van der Waals surface area contributed by atoms with E-state index in [1.165, 1.54) is 17.5 Å². The molecule has 1 atom stereocenters. The normalized spacial score (nSPS) is 30.6. The van der Waals surface area contributed by atoms with E-state index in [0.717, 1.165) is 26.1 Å². The molecule has 0 radical (unpaired) electrons. The van der Waals surface area contributed by atoms with Crippen LogP contribution in [0.1, 0.15) is 24.0 Å². The van der Waals surface area contributed by atoms with E-state index in [9.17, 15) is 0 Å². The lowest BCUT2D eigenvalue weighted by Crippen LogP contribution is -2.43. The van der Waals surface area contributed by atoms with Gasteiger partial charge in [-0.2, -0.15) is 0 Å². The van der Waals surface area contributed by atoms with Crippen molar-refractivity contribution in [1.29, 1.82) is 0 Å². The number of rotatable bonds is 0. The van der Waals surface area contributed by atoms with E-state index in [0.29, 0.717) is 0 Å². The molecule has 2 heteroatoms. The lowest BCUT2D eigenvalue weighted by molar-refractivity contribution is -0.0536. The number of nitrogens with one attached hydrogen (secondary N) is 1. The van der Waals surface area contributed by atoms with E-state index < -0.39 is 0 Å². The Balaban J connectivity index is 2.03. The second kappa shape index (κ2) is 3.07. The Kier molecular flexibility index (Phi) is 1.85. The minimum absolute atomic E-state index is 0.00512. The highest BCUT2D eigenvalue weighted by Crippen LogP contribution is 2.40. The van der Waals surface area contributed by atoms with E-state index in [-0.39, 0.29) is 5.60 Å². The van der Waals surface area contributed by atoms with Gasteiger partial charge in [0.05, 0.1) is 6.61 Å². The van der Waals surface area contributed by atoms with Gasteiger partial charge in [0, 0.05) is 6.54 Å². The van der Waals surface area contributed by atoms with Gasteiger partial charge in [-0.25, -0.2) is 0 Å². The van der Waals surface area contributed by atoms with Crippen LogP contribution in [0.3, 0.4) is 0 Å². The SMILES string of the molecule is c1ccc2c(c1)CO[C@]21CCCNC1. The molecule has 1 spiro atoms. The van der Waals surface area contributed by atoms with Crippen LogP contribution in [-0.4, -0.2) is 13.1 Å². The monoisotopic (exact) mass is 189 g/mol.